The van der Waals surface area contributed by atoms with E-state index in [4.69, 9.17) is 5.11 Å². The summed E-state index contributed by atoms with van der Waals surface area (Å²) in [5.41, 5.74) is 0. The van der Waals surface area contributed by atoms with Gasteiger partial charge >= 0.3 is 10.4 Å². The van der Waals surface area contributed by atoms with Gasteiger partial charge in [0.15, 0.2) is 5.79 Å². The van der Waals surface area contributed by atoms with E-state index in [0.717, 1.165) is 7.11 Å². The SMILES string of the molecule is CCC(C)(O)OS(=O)(=O)OC.N.O. The van der Waals surface area contributed by atoms with Gasteiger partial charge < -0.3 is 16.7 Å². The van der Waals surface area contributed by atoms with E-state index < -0.39 is 16.2 Å². The Hall–Kier alpha value is -0.250. The Morgan fingerprint density at radius 3 is 2.08 bits per heavy atom. The lowest BCUT2D eigenvalue weighted by Gasteiger charge is -2.19. The molecule has 0 spiro atoms. The highest BCUT2D eigenvalue weighted by atomic mass is 32.3. The summed E-state index contributed by atoms with van der Waals surface area (Å²) in [6.45, 7) is 2.83. The van der Waals surface area contributed by atoms with E-state index >= 15 is 0 Å². The molecule has 0 radical (unpaired) electrons. The molecule has 0 aromatic heterocycles. The van der Waals surface area contributed by atoms with E-state index in [2.05, 4.69) is 8.37 Å². The molecule has 1 unspecified atom stereocenters. The van der Waals surface area contributed by atoms with Gasteiger partial charge in [0.1, 0.15) is 0 Å². The van der Waals surface area contributed by atoms with Crippen LogP contribution in [0.4, 0.5) is 0 Å². The predicted octanol–water partition coefficient (Wildman–Crippen LogP) is -0.650. The summed E-state index contributed by atoms with van der Waals surface area (Å²) in [7, 11) is -3.08. The Balaban J connectivity index is -0.000000500. The maximum atomic E-state index is 10.6. The van der Waals surface area contributed by atoms with Crippen molar-refractivity contribution in [3.05, 3.63) is 0 Å². The monoisotopic (exact) mass is 219 g/mol. The molecule has 0 bridgehead atoms. The first kappa shape index (κ1) is 18.5. The second-order valence-corrected chi connectivity index (χ2v) is 3.50. The molecule has 0 amide bonds. The van der Waals surface area contributed by atoms with Gasteiger partial charge in [-0.1, -0.05) is 6.92 Å². The Morgan fingerprint density at radius 2 is 1.85 bits per heavy atom. The largest absolute Gasteiger partial charge is 0.412 e. The van der Waals surface area contributed by atoms with Crippen molar-refractivity contribution in [2.24, 2.45) is 0 Å². The highest BCUT2D eigenvalue weighted by Gasteiger charge is 2.26. The Labute approximate surface area is 77.9 Å². The zero-order valence-electron chi connectivity index (χ0n) is 7.90. The lowest BCUT2D eigenvalue weighted by Crippen LogP contribution is -2.30. The van der Waals surface area contributed by atoms with Crippen molar-refractivity contribution in [2.75, 3.05) is 7.11 Å². The molecule has 8 heteroatoms. The van der Waals surface area contributed by atoms with Crippen LogP contribution in [0.5, 0.6) is 0 Å². The molecule has 84 valence electrons. The van der Waals surface area contributed by atoms with Crippen molar-refractivity contribution in [1.29, 1.82) is 0 Å². The van der Waals surface area contributed by atoms with Crippen molar-refractivity contribution < 1.29 is 27.4 Å². The molecule has 0 aromatic rings. The van der Waals surface area contributed by atoms with E-state index in [1.54, 1.807) is 6.92 Å². The maximum Gasteiger partial charge on any atom is 0.402 e. The topological polar surface area (TPSA) is 139 Å². The van der Waals surface area contributed by atoms with Crippen molar-refractivity contribution >= 4 is 10.4 Å². The molecular formula is C5H17NO6S. The quantitative estimate of drug-likeness (QED) is 0.602. The molecule has 1 atom stereocenters. The smallest absolute Gasteiger partial charge is 0.402 e. The Morgan fingerprint density at radius 1 is 1.46 bits per heavy atom. The Bertz CT molecular complexity index is 211. The van der Waals surface area contributed by atoms with E-state index in [-0.39, 0.29) is 18.0 Å². The third-order valence-corrected chi connectivity index (χ3v) is 2.11. The molecule has 0 saturated heterocycles. The van der Waals surface area contributed by atoms with E-state index in [9.17, 15) is 8.42 Å². The van der Waals surface area contributed by atoms with Crippen LogP contribution in [0.15, 0.2) is 0 Å². The van der Waals surface area contributed by atoms with Crippen molar-refractivity contribution in [3.63, 3.8) is 0 Å². The lowest BCUT2D eigenvalue weighted by atomic mass is 10.3. The van der Waals surface area contributed by atoms with Crippen molar-refractivity contribution in [3.8, 4) is 0 Å². The molecular weight excluding hydrogens is 202 g/mol. The van der Waals surface area contributed by atoms with Gasteiger partial charge in [-0.15, -0.1) is 0 Å². The van der Waals surface area contributed by atoms with Crippen LogP contribution in [0.1, 0.15) is 20.3 Å². The molecule has 0 aromatic carbocycles. The van der Waals surface area contributed by atoms with Gasteiger partial charge in [0.05, 0.1) is 7.11 Å². The van der Waals surface area contributed by atoms with Crippen LogP contribution >= 0.6 is 0 Å². The molecule has 0 aliphatic heterocycles. The fraction of sp³-hybridized carbons (Fsp3) is 1.00. The highest BCUT2D eigenvalue weighted by Crippen LogP contribution is 2.14. The third-order valence-electron chi connectivity index (χ3n) is 1.14. The van der Waals surface area contributed by atoms with Crippen LogP contribution in [0.2, 0.25) is 0 Å². The minimum atomic E-state index is -4.04. The standard InChI is InChI=1S/C5H12O5S.H3N.H2O/c1-4-5(2,6)10-11(7,8)9-3;;/h6H,4H2,1-3H3;1H3;1H2. The summed E-state index contributed by atoms with van der Waals surface area (Å²) >= 11 is 0. The minimum Gasteiger partial charge on any atom is -0.412 e. The van der Waals surface area contributed by atoms with Crippen LogP contribution in [0.25, 0.3) is 0 Å². The first-order valence-corrected chi connectivity index (χ1v) is 4.40. The number of rotatable bonds is 4. The van der Waals surface area contributed by atoms with Gasteiger partial charge in [-0.2, -0.15) is 8.42 Å². The molecule has 7 nitrogen and oxygen atoms in total. The average molecular weight is 219 g/mol. The van der Waals surface area contributed by atoms with Gasteiger partial charge in [0, 0.05) is 0 Å². The van der Waals surface area contributed by atoms with E-state index in [0.29, 0.717) is 0 Å². The second kappa shape index (κ2) is 6.24. The number of hydrogen-bond acceptors (Lipinski definition) is 6. The van der Waals surface area contributed by atoms with Gasteiger partial charge in [-0.25, -0.2) is 4.18 Å². The van der Waals surface area contributed by atoms with Crippen LogP contribution in [0, 0.1) is 0 Å². The fourth-order valence-electron chi connectivity index (χ4n) is 0.313. The van der Waals surface area contributed by atoms with E-state index in [1.807, 2.05) is 0 Å². The van der Waals surface area contributed by atoms with Crippen LogP contribution in [-0.4, -0.2) is 31.9 Å². The summed E-state index contributed by atoms with van der Waals surface area (Å²) in [5, 5.41) is 9.11. The number of aliphatic hydroxyl groups is 1. The third kappa shape index (κ3) is 8.09. The molecule has 13 heavy (non-hydrogen) atoms. The molecule has 6 N–H and O–H groups in total. The van der Waals surface area contributed by atoms with Crippen molar-refractivity contribution in [2.45, 2.75) is 26.1 Å². The normalized spacial score (nSPS) is 15.1. The summed E-state index contributed by atoms with van der Waals surface area (Å²) in [5.74, 6) is -1.69. The summed E-state index contributed by atoms with van der Waals surface area (Å²) in [6, 6.07) is 0. The molecule has 0 aliphatic rings. The number of hydrogen-bond donors (Lipinski definition) is 2. The summed E-state index contributed by atoms with van der Waals surface area (Å²) in [6.07, 6.45) is 0.162. The zero-order chi connectivity index (χ0) is 9.12. The van der Waals surface area contributed by atoms with Gasteiger partial charge in [-0.05, 0) is 13.3 Å². The molecule has 0 saturated carbocycles. The molecule has 0 fully saturated rings. The van der Waals surface area contributed by atoms with E-state index in [1.165, 1.54) is 6.92 Å². The predicted molar refractivity (Wildman–Crippen MR) is 46.6 cm³/mol. The lowest BCUT2D eigenvalue weighted by molar-refractivity contribution is -0.125. The van der Waals surface area contributed by atoms with Crippen LogP contribution in [-0.2, 0) is 18.8 Å². The maximum absolute atomic E-state index is 10.6. The Kier molecular flexibility index (Phi) is 8.89. The van der Waals surface area contributed by atoms with Gasteiger partial charge in [0.25, 0.3) is 0 Å². The first-order chi connectivity index (χ1) is 4.83. The molecule has 0 rings (SSSR count). The van der Waals surface area contributed by atoms with Gasteiger partial charge in [0.2, 0.25) is 0 Å². The van der Waals surface area contributed by atoms with Gasteiger partial charge in [-0.3, -0.25) is 4.18 Å². The average Bonchev–Trinajstić information content (AvgIpc) is 1.86. The summed E-state index contributed by atoms with van der Waals surface area (Å²) < 4.78 is 29.3. The second-order valence-electron chi connectivity index (χ2n) is 2.19. The minimum absolute atomic E-state index is 0. The zero-order valence-corrected chi connectivity index (χ0v) is 8.72. The summed E-state index contributed by atoms with van der Waals surface area (Å²) in [4.78, 5) is 0. The first-order valence-electron chi connectivity index (χ1n) is 3.06. The van der Waals surface area contributed by atoms with Crippen LogP contribution in [0.3, 0.4) is 0 Å². The fourth-order valence-corrected chi connectivity index (χ4v) is 0.938. The molecule has 0 aliphatic carbocycles. The molecule has 0 heterocycles. The van der Waals surface area contributed by atoms with Crippen LogP contribution < -0.4 is 6.15 Å². The highest BCUT2D eigenvalue weighted by molar-refractivity contribution is 7.81. The van der Waals surface area contributed by atoms with Crippen molar-refractivity contribution in [1.82, 2.24) is 6.15 Å².